The van der Waals surface area contributed by atoms with Crippen LogP contribution in [0.5, 0.6) is 11.5 Å². The molecule has 0 saturated carbocycles. The number of likely N-dealkylation sites (tertiary alicyclic amines) is 1. The summed E-state index contributed by atoms with van der Waals surface area (Å²) in [4.78, 5) is 16.7. The van der Waals surface area contributed by atoms with Crippen molar-refractivity contribution in [3.05, 3.63) is 59.5 Å². The zero-order chi connectivity index (χ0) is 27.1. The van der Waals surface area contributed by atoms with Gasteiger partial charge in [-0.2, -0.15) is 4.98 Å². The molecule has 1 aliphatic carbocycles. The van der Waals surface area contributed by atoms with Crippen LogP contribution in [0.4, 0.5) is 11.6 Å². The number of aryl methyl sites for hydroxylation is 2. The summed E-state index contributed by atoms with van der Waals surface area (Å²) in [6.07, 6.45) is 6.22. The number of nitrogens with zero attached hydrogens (tertiary/aromatic N) is 5. The highest BCUT2D eigenvalue weighted by molar-refractivity contribution is 5.80. The van der Waals surface area contributed by atoms with Gasteiger partial charge in [0.25, 0.3) is 0 Å². The molecule has 1 saturated heterocycles. The molecule has 4 heterocycles. The van der Waals surface area contributed by atoms with Crippen molar-refractivity contribution in [1.29, 1.82) is 0 Å². The highest BCUT2D eigenvalue weighted by Gasteiger charge is 2.37. The van der Waals surface area contributed by atoms with Gasteiger partial charge in [0, 0.05) is 42.1 Å². The molecule has 6 rings (SSSR count). The monoisotopic (exact) mass is 528 g/mol. The lowest BCUT2D eigenvalue weighted by Gasteiger charge is -2.29. The molecular formula is C30H36N6O3. The van der Waals surface area contributed by atoms with Gasteiger partial charge in [-0.15, -0.1) is 0 Å². The maximum Gasteiger partial charge on any atom is 0.229 e. The summed E-state index contributed by atoms with van der Waals surface area (Å²) in [5.74, 6) is 2.63. The zero-order valence-corrected chi connectivity index (χ0v) is 23.1. The number of hydrogen-bond acceptors (Lipinski definition) is 8. The normalized spacial score (nSPS) is 19.8. The van der Waals surface area contributed by atoms with Crippen molar-refractivity contribution in [3.63, 3.8) is 0 Å². The third-order valence-electron chi connectivity index (χ3n) is 8.13. The molecule has 1 atom stereocenters. The molecule has 0 bridgehead atoms. The first kappa shape index (κ1) is 25.6. The first-order chi connectivity index (χ1) is 18.9. The Balaban J connectivity index is 1.28. The summed E-state index contributed by atoms with van der Waals surface area (Å²) in [7, 11) is 3.80. The van der Waals surface area contributed by atoms with Crippen LogP contribution >= 0.6 is 0 Å². The molecule has 39 heavy (non-hydrogen) atoms. The highest BCUT2D eigenvalue weighted by Crippen LogP contribution is 2.39. The van der Waals surface area contributed by atoms with Crippen molar-refractivity contribution in [2.24, 2.45) is 0 Å². The van der Waals surface area contributed by atoms with Crippen LogP contribution in [0.1, 0.15) is 49.6 Å². The van der Waals surface area contributed by atoms with Crippen LogP contribution in [0.25, 0.3) is 16.9 Å². The first-order valence-electron chi connectivity index (χ1n) is 13.8. The fourth-order valence-corrected chi connectivity index (χ4v) is 5.73. The molecule has 4 aromatic rings. The van der Waals surface area contributed by atoms with E-state index in [1.807, 2.05) is 48.9 Å². The van der Waals surface area contributed by atoms with Crippen LogP contribution in [0.15, 0.2) is 42.6 Å². The molecule has 0 unspecified atom stereocenters. The van der Waals surface area contributed by atoms with Gasteiger partial charge in [0.05, 0.1) is 12.8 Å². The van der Waals surface area contributed by atoms with E-state index in [1.165, 1.54) is 0 Å². The van der Waals surface area contributed by atoms with E-state index in [4.69, 9.17) is 19.4 Å². The number of aliphatic hydroxyl groups is 1. The van der Waals surface area contributed by atoms with Crippen molar-refractivity contribution in [2.45, 2.75) is 57.7 Å². The second-order valence-corrected chi connectivity index (χ2v) is 10.8. The Kier molecular flexibility index (Phi) is 6.64. The van der Waals surface area contributed by atoms with Gasteiger partial charge in [-0.25, -0.2) is 9.97 Å². The number of methoxy groups -OCH3 is 1. The largest absolute Gasteiger partial charge is 0.493 e. The van der Waals surface area contributed by atoms with E-state index in [-0.39, 0.29) is 6.10 Å². The zero-order valence-electron chi connectivity index (χ0n) is 23.1. The second-order valence-electron chi connectivity index (χ2n) is 10.8. The Labute approximate surface area is 228 Å². The van der Waals surface area contributed by atoms with Gasteiger partial charge in [0.15, 0.2) is 17.1 Å². The molecule has 3 aromatic heterocycles. The molecule has 9 nitrogen and oxygen atoms in total. The van der Waals surface area contributed by atoms with Crippen LogP contribution in [0, 0.1) is 6.92 Å². The van der Waals surface area contributed by atoms with Gasteiger partial charge >= 0.3 is 0 Å². The summed E-state index contributed by atoms with van der Waals surface area (Å²) >= 11 is 0. The fourth-order valence-electron chi connectivity index (χ4n) is 5.73. The summed E-state index contributed by atoms with van der Waals surface area (Å²) in [5, 5.41) is 15.3. The quantitative estimate of drug-likeness (QED) is 0.350. The average molecular weight is 529 g/mol. The van der Waals surface area contributed by atoms with E-state index in [2.05, 4.69) is 34.4 Å². The number of rotatable bonds is 7. The number of nitrogens with one attached hydrogen (secondary N) is 1. The number of piperidine rings is 1. The Morgan fingerprint density at radius 1 is 1.10 bits per heavy atom. The molecule has 9 heteroatoms. The van der Waals surface area contributed by atoms with Crippen molar-refractivity contribution in [3.8, 4) is 17.3 Å². The van der Waals surface area contributed by atoms with E-state index in [0.29, 0.717) is 24.5 Å². The predicted octanol–water partition coefficient (Wildman–Crippen LogP) is 4.89. The van der Waals surface area contributed by atoms with Crippen LogP contribution in [0.3, 0.4) is 0 Å². The number of aromatic nitrogens is 4. The minimum atomic E-state index is -0.869. The Morgan fingerprint density at radius 3 is 2.69 bits per heavy atom. The minimum Gasteiger partial charge on any atom is -0.493 e. The lowest BCUT2D eigenvalue weighted by molar-refractivity contribution is 0.0306. The maximum absolute atomic E-state index is 11.1. The number of pyridine rings is 1. The number of fused-ring (bicyclic) bond motifs is 2. The molecular weight excluding hydrogens is 492 g/mol. The Bertz CT molecular complexity index is 1510. The highest BCUT2D eigenvalue weighted by atomic mass is 16.5. The van der Waals surface area contributed by atoms with Crippen molar-refractivity contribution in [2.75, 3.05) is 32.6 Å². The molecule has 1 aromatic carbocycles. The number of ether oxygens (including phenoxy) is 2. The van der Waals surface area contributed by atoms with Gasteiger partial charge in [0.2, 0.25) is 5.95 Å². The van der Waals surface area contributed by atoms with Gasteiger partial charge in [-0.3, -0.25) is 4.57 Å². The topological polar surface area (TPSA) is 97.6 Å². The van der Waals surface area contributed by atoms with Crippen molar-refractivity contribution in [1.82, 2.24) is 24.4 Å². The minimum absolute atomic E-state index is 0.192. The average Bonchev–Trinajstić information content (AvgIpc) is 3.46. The van der Waals surface area contributed by atoms with Gasteiger partial charge in [0.1, 0.15) is 17.5 Å². The van der Waals surface area contributed by atoms with Crippen molar-refractivity contribution >= 4 is 22.7 Å². The summed E-state index contributed by atoms with van der Waals surface area (Å²) < 4.78 is 13.9. The summed E-state index contributed by atoms with van der Waals surface area (Å²) in [5.41, 5.74) is 3.59. The molecule has 0 amide bonds. The lowest BCUT2D eigenvalue weighted by atomic mass is 9.98. The van der Waals surface area contributed by atoms with E-state index >= 15 is 0 Å². The third-order valence-corrected chi connectivity index (χ3v) is 8.13. The van der Waals surface area contributed by atoms with E-state index in [0.717, 1.165) is 77.6 Å². The molecule has 2 aliphatic rings. The van der Waals surface area contributed by atoms with Gasteiger partial charge in [-0.1, -0.05) is 13.0 Å². The Hall–Kier alpha value is -3.69. The SMILES string of the molecule is CC[C@@]1(O)CCc2ccc(-n3c(C)cc4cnc(Nc5ccc(OC6CCN(C)CC6)c(OC)c5)nc43)nc21. The van der Waals surface area contributed by atoms with E-state index in [1.54, 1.807) is 7.11 Å². The summed E-state index contributed by atoms with van der Waals surface area (Å²) in [6, 6.07) is 12.0. The number of hydrogen-bond donors (Lipinski definition) is 2. The molecule has 0 spiro atoms. The van der Waals surface area contributed by atoms with E-state index < -0.39 is 5.60 Å². The van der Waals surface area contributed by atoms with Gasteiger partial charge in [-0.05, 0) is 75.9 Å². The predicted molar refractivity (Wildman–Crippen MR) is 151 cm³/mol. The smallest absolute Gasteiger partial charge is 0.229 e. The standard InChI is InChI=1S/C30H36N6O3/c1-5-30(37)13-10-20-6-9-26(33-27(20)30)36-19(2)16-21-18-31-29(34-28(21)36)32-22-7-8-24(25(17-22)38-4)39-23-11-14-35(3)15-12-23/h6-9,16-18,23,37H,5,10-15H2,1-4H3,(H,31,32,34)/t30-/m1/s1. The van der Waals surface area contributed by atoms with Crippen LogP contribution in [-0.2, 0) is 12.0 Å². The van der Waals surface area contributed by atoms with Gasteiger partial charge < -0.3 is 24.8 Å². The molecule has 0 radical (unpaired) electrons. The van der Waals surface area contributed by atoms with Crippen LogP contribution in [0.2, 0.25) is 0 Å². The lowest BCUT2D eigenvalue weighted by Crippen LogP contribution is -2.35. The molecule has 1 fully saturated rings. The third kappa shape index (κ3) is 4.81. The number of anilines is 2. The maximum atomic E-state index is 11.1. The second kappa shape index (κ2) is 10.1. The van der Waals surface area contributed by atoms with E-state index in [9.17, 15) is 5.11 Å². The molecule has 2 N–H and O–H groups in total. The van der Waals surface area contributed by atoms with Crippen LogP contribution < -0.4 is 14.8 Å². The Morgan fingerprint density at radius 2 is 1.92 bits per heavy atom. The molecule has 1 aliphatic heterocycles. The fraction of sp³-hybridized carbons (Fsp3) is 0.433. The first-order valence-corrected chi connectivity index (χ1v) is 13.8. The summed E-state index contributed by atoms with van der Waals surface area (Å²) in [6.45, 7) is 6.11. The van der Waals surface area contributed by atoms with Crippen LogP contribution in [-0.4, -0.2) is 62.9 Å². The van der Waals surface area contributed by atoms with Crippen molar-refractivity contribution < 1.29 is 14.6 Å². The molecule has 204 valence electrons. The number of benzene rings is 1.